The zero-order chi connectivity index (χ0) is 18.4. The van der Waals surface area contributed by atoms with Gasteiger partial charge >= 0.3 is 0 Å². The van der Waals surface area contributed by atoms with E-state index in [0.717, 1.165) is 6.07 Å². The quantitative estimate of drug-likeness (QED) is 0.419. The monoisotopic (exact) mass is 368 g/mol. The molecule has 1 aromatic carbocycles. The number of nitrogens with one attached hydrogen (secondary N) is 2. The predicted octanol–water partition coefficient (Wildman–Crippen LogP) is -0.398. The first kappa shape index (κ1) is 17.3. The lowest BCUT2D eigenvalue weighted by Gasteiger charge is -2.33. The van der Waals surface area contributed by atoms with E-state index in [4.69, 9.17) is 0 Å². The molecule has 2 amide bonds. The van der Waals surface area contributed by atoms with Gasteiger partial charge in [0, 0.05) is 19.2 Å². The van der Waals surface area contributed by atoms with Crippen LogP contribution in [0.3, 0.4) is 0 Å². The van der Waals surface area contributed by atoms with Gasteiger partial charge in [-0.3, -0.25) is 25.0 Å². The molecule has 0 bridgehead atoms. The molecule has 2 atom stereocenters. The lowest BCUT2D eigenvalue weighted by molar-refractivity contribution is -0.384. The van der Waals surface area contributed by atoms with E-state index < -0.39 is 26.8 Å². The Morgan fingerprint density at radius 3 is 2.60 bits per heavy atom. The SMILES string of the molecule is CNS(=O)(=O)c1ccc(N2CCC3C(=O)NC(=O)C3C2)c([N+](=O)[O-])c1. The highest BCUT2D eigenvalue weighted by atomic mass is 32.2. The molecule has 11 heteroatoms. The van der Waals surface area contributed by atoms with Crippen LogP contribution in [0.2, 0.25) is 0 Å². The average Bonchev–Trinajstić information content (AvgIpc) is 2.88. The normalized spacial score (nSPS) is 23.3. The molecule has 2 heterocycles. The van der Waals surface area contributed by atoms with Gasteiger partial charge in [-0.2, -0.15) is 0 Å². The lowest BCUT2D eigenvalue weighted by Crippen LogP contribution is -2.42. The second-order valence-corrected chi connectivity index (χ2v) is 7.80. The molecule has 0 aliphatic carbocycles. The number of hydrogen-bond donors (Lipinski definition) is 2. The van der Waals surface area contributed by atoms with E-state index >= 15 is 0 Å². The van der Waals surface area contributed by atoms with Crippen LogP contribution in [0.25, 0.3) is 0 Å². The van der Waals surface area contributed by atoms with Crippen LogP contribution < -0.4 is 14.9 Å². The maximum absolute atomic E-state index is 11.9. The van der Waals surface area contributed by atoms with Crippen LogP contribution in [-0.4, -0.2) is 45.3 Å². The summed E-state index contributed by atoms with van der Waals surface area (Å²) in [4.78, 5) is 35.7. The number of anilines is 1. The number of benzene rings is 1. The van der Waals surface area contributed by atoms with E-state index in [0.29, 0.717) is 13.0 Å². The molecule has 2 aliphatic rings. The van der Waals surface area contributed by atoms with Gasteiger partial charge in [0.15, 0.2) is 0 Å². The fourth-order valence-electron chi connectivity index (χ4n) is 3.26. The Hall–Kier alpha value is -2.53. The Balaban J connectivity index is 1.96. The van der Waals surface area contributed by atoms with E-state index in [1.165, 1.54) is 19.2 Å². The number of fused-ring (bicyclic) bond motifs is 1. The maximum Gasteiger partial charge on any atom is 0.293 e. The summed E-state index contributed by atoms with van der Waals surface area (Å²) in [7, 11) is -2.60. The predicted molar refractivity (Wildman–Crippen MR) is 86.3 cm³/mol. The molecule has 134 valence electrons. The van der Waals surface area contributed by atoms with Crippen molar-refractivity contribution in [2.75, 3.05) is 25.0 Å². The van der Waals surface area contributed by atoms with Gasteiger partial charge in [0.05, 0.1) is 21.7 Å². The molecule has 2 saturated heterocycles. The van der Waals surface area contributed by atoms with Crippen molar-refractivity contribution in [3.05, 3.63) is 28.3 Å². The smallest absolute Gasteiger partial charge is 0.293 e. The third kappa shape index (κ3) is 2.96. The minimum Gasteiger partial charge on any atom is -0.365 e. The highest BCUT2D eigenvalue weighted by Gasteiger charge is 2.45. The summed E-state index contributed by atoms with van der Waals surface area (Å²) in [6.45, 7) is 0.530. The van der Waals surface area contributed by atoms with Gasteiger partial charge in [-0.1, -0.05) is 0 Å². The number of imide groups is 1. The van der Waals surface area contributed by atoms with Gasteiger partial charge in [0.25, 0.3) is 5.69 Å². The van der Waals surface area contributed by atoms with E-state index in [2.05, 4.69) is 10.0 Å². The van der Waals surface area contributed by atoms with Crippen molar-refractivity contribution in [2.45, 2.75) is 11.3 Å². The maximum atomic E-state index is 11.9. The molecule has 2 aliphatic heterocycles. The molecule has 0 aromatic heterocycles. The number of rotatable bonds is 4. The van der Waals surface area contributed by atoms with Gasteiger partial charge in [0.1, 0.15) is 5.69 Å². The summed E-state index contributed by atoms with van der Waals surface area (Å²) in [5.74, 6) is -1.65. The van der Waals surface area contributed by atoms with Crippen molar-refractivity contribution >= 4 is 33.2 Å². The Morgan fingerprint density at radius 2 is 1.96 bits per heavy atom. The minimum absolute atomic E-state index is 0.168. The van der Waals surface area contributed by atoms with Crippen molar-refractivity contribution in [3.8, 4) is 0 Å². The van der Waals surface area contributed by atoms with E-state index in [1.807, 2.05) is 0 Å². The highest BCUT2D eigenvalue weighted by molar-refractivity contribution is 7.89. The second-order valence-electron chi connectivity index (χ2n) is 5.92. The molecule has 10 nitrogen and oxygen atoms in total. The minimum atomic E-state index is -3.81. The summed E-state index contributed by atoms with van der Waals surface area (Å²) in [5.41, 5.74) is -0.134. The van der Waals surface area contributed by atoms with Gasteiger partial charge in [-0.15, -0.1) is 0 Å². The first-order valence-electron chi connectivity index (χ1n) is 7.56. The first-order valence-corrected chi connectivity index (χ1v) is 9.04. The van der Waals surface area contributed by atoms with Crippen LogP contribution in [0, 0.1) is 22.0 Å². The average molecular weight is 368 g/mol. The molecule has 1 aromatic rings. The molecule has 0 spiro atoms. The fourth-order valence-corrected chi connectivity index (χ4v) is 4.01. The lowest BCUT2D eigenvalue weighted by atomic mass is 9.87. The number of sulfonamides is 1. The van der Waals surface area contributed by atoms with Crippen molar-refractivity contribution < 1.29 is 22.9 Å². The molecule has 0 saturated carbocycles. The Morgan fingerprint density at radius 1 is 1.28 bits per heavy atom. The number of nitro groups is 1. The number of nitro benzene ring substituents is 1. The highest BCUT2D eigenvalue weighted by Crippen LogP contribution is 2.36. The van der Waals surface area contributed by atoms with E-state index in [1.54, 1.807) is 4.90 Å². The van der Waals surface area contributed by atoms with E-state index in [-0.39, 0.29) is 34.6 Å². The molecule has 2 unspecified atom stereocenters. The molecular formula is C14H16N4O6S. The third-order valence-electron chi connectivity index (χ3n) is 4.60. The number of carbonyl (C=O) groups is 2. The number of carbonyl (C=O) groups excluding carboxylic acids is 2. The molecule has 2 N–H and O–H groups in total. The molecule has 2 fully saturated rings. The van der Waals surface area contributed by atoms with Crippen LogP contribution >= 0.6 is 0 Å². The molecule has 25 heavy (non-hydrogen) atoms. The Labute approximate surface area is 143 Å². The summed E-state index contributed by atoms with van der Waals surface area (Å²) in [5, 5.41) is 13.7. The van der Waals surface area contributed by atoms with Crippen LogP contribution in [-0.2, 0) is 19.6 Å². The number of nitrogens with zero attached hydrogens (tertiary/aromatic N) is 2. The summed E-state index contributed by atoms with van der Waals surface area (Å²) >= 11 is 0. The van der Waals surface area contributed by atoms with Crippen LogP contribution in [0.4, 0.5) is 11.4 Å². The van der Waals surface area contributed by atoms with E-state index in [9.17, 15) is 28.1 Å². The van der Waals surface area contributed by atoms with Crippen LogP contribution in [0.1, 0.15) is 6.42 Å². The standard InChI is InChI=1S/C14H16N4O6S/c1-15-25(23,24)8-2-3-11(12(6-8)18(21)22)17-5-4-9-10(7-17)14(20)16-13(9)19/h2-3,6,9-10,15H,4-5,7H2,1H3,(H,16,19,20). The number of piperidine rings is 1. The Bertz CT molecular complexity index is 868. The van der Waals surface area contributed by atoms with Crippen molar-refractivity contribution in [3.63, 3.8) is 0 Å². The molecular weight excluding hydrogens is 352 g/mol. The van der Waals surface area contributed by atoms with Crippen molar-refractivity contribution in [1.82, 2.24) is 10.0 Å². The summed E-state index contributed by atoms with van der Waals surface area (Å²) in [6.07, 6.45) is 0.399. The molecule has 0 radical (unpaired) electrons. The van der Waals surface area contributed by atoms with Crippen LogP contribution in [0.15, 0.2) is 23.1 Å². The van der Waals surface area contributed by atoms with Crippen molar-refractivity contribution in [1.29, 1.82) is 0 Å². The molecule has 3 rings (SSSR count). The largest absolute Gasteiger partial charge is 0.365 e. The second kappa shape index (κ2) is 6.08. The zero-order valence-electron chi connectivity index (χ0n) is 13.3. The topological polar surface area (TPSA) is 139 Å². The fraction of sp³-hybridized carbons (Fsp3) is 0.429. The number of hydrogen-bond acceptors (Lipinski definition) is 7. The van der Waals surface area contributed by atoms with Gasteiger partial charge in [0.2, 0.25) is 21.8 Å². The number of amides is 2. The van der Waals surface area contributed by atoms with Crippen LogP contribution in [0.5, 0.6) is 0 Å². The first-order chi connectivity index (χ1) is 11.7. The third-order valence-corrected chi connectivity index (χ3v) is 6.01. The summed E-state index contributed by atoms with van der Waals surface area (Å²) in [6, 6.07) is 3.63. The van der Waals surface area contributed by atoms with Gasteiger partial charge in [-0.25, -0.2) is 13.1 Å². The van der Waals surface area contributed by atoms with Gasteiger partial charge in [-0.05, 0) is 25.6 Å². The summed E-state index contributed by atoms with van der Waals surface area (Å²) < 4.78 is 25.8. The zero-order valence-corrected chi connectivity index (χ0v) is 14.1. The Kier molecular flexibility index (Phi) is 4.21. The van der Waals surface area contributed by atoms with Crippen molar-refractivity contribution in [2.24, 2.45) is 11.8 Å². The van der Waals surface area contributed by atoms with Gasteiger partial charge < -0.3 is 4.90 Å².